The van der Waals surface area contributed by atoms with Gasteiger partial charge >= 0.3 is 0 Å². The van der Waals surface area contributed by atoms with Crippen LogP contribution in [-0.4, -0.2) is 109 Å². The van der Waals surface area contributed by atoms with Crippen LogP contribution in [0.5, 0.6) is 0 Å². The molecular weight excluding hydrogens is 966 g/mol. The van der Waals surface area contributed by atoms with Crippen LogP contribution in [0.2, 0.25) is 0 Å². The van der Waals surface area contributed by atoms with Gasteiger partial charge in [-0.15, -0.1) is 23.2 Å². The summed E-state index contributed by atoms with van der Waals surface area (Å²) >= 11 is 16.0. The van der Waals surface area contributed by atoms with Gasteiger partial charge in [0, 0.05) is 21.7 Å². The number of nitrogens with zero attached hydrogens (tertiary/aromatic N) is 1. The van der Waals surface area contributed by atoms with Gasteiger partial charge in [-0.1, -0.05) is 88.7 Å². The van der Waals surface area contributed by atoms with Crippen LogP contribution in [0.4, 0.5) is 0 Å². The second-order valence-corrected chi connectivity index (χ2v) is 26.2. The summed E-state index contributed by atoms with van der Waals surface area (Å²) in [5.41, 5.74) is -3.44. The van der Waals surface area contributed by atoms with Crippen molar-refractivity contribution in [3.63, 3.8) is 0 Å². The van der Waals surface area contributed by atoms with Crippen LogP contribution < -0.4 is 0 Å². The normalized spacial score (nSPS) is 45.2. The van der Waals surface area contributed by atoms with Crippen LogP contribution in [-0.2, 0) is 33.5 Å². The van der Waals surface area contributed by atoms with Gasteiger partial charge in [0.25, 0.3) is 15.3 Å². The highest BCUT2D eigenvalue weighted by atomic mass is 35.5. The number of alkyl halides is 2. The molecule has 17 heteroatoms. The quantitative estimate of drug-likeness (QED) is 0.116. The minimum Gasteiger partial charge on any atom is -0.431 e. The average Bonchev–Trinajstić information content (AvgIpc) is 3.86. The molecule has 2 aromatic rings. The Kier molecular flexibility index (Phi) is 12.4. The number of halogens is 2. The van der Waals surface area contributed by atoms with Crippen molar-refractivity contribution < 1.29 is 56.6 Å². The van der Waals surface area contributed by atoms with Crippen molar-refractivity contribution in [1.29, 1.82) is 0 Å². The summed E-state index contributed by atoms with van der Waals surface area (Å²) in [5.74, 6) is -2.37. The molecule has 6 fully saturated rings. The number of thioether (sulfide) groups is 1. The number of ketones is 4. The van der Waals surface area contributed by atoms with Crippen LogP contribution in [0.1, 0.15) is 92.9 Å². The molecule has 1 aromatic carbocycles. The monoisotopic (exact) mass is 1030 g/mol. The summed E-state index contributed by atoms with van der Waals surface area (Å²) in [6, 6.07) is 7.43. The van der Waals surface area contributed by atoms with Crippen LogP contribution in [0, 0.1) is 57.2 Å². The highest BCUT2D eigenvalue weighted by molar-refractivity contribution is 7.99. The van der Waals surface area contributed by atoms with E-state index in [9.17, 15) is 48.0 Å². The first-order valence-electron chi connectivity index (χ1n) is 24.0. The first-order chi connectivity index (χ1) is 32.1. The first kappa shape index (κ1) is 50.9. The van der Waals surface area contributed by atoms with Crippen LogP contribution in [0.25, 0.3) is 11.1 Å². The predicted octanol–water partition coefficient (Wildman–Crippen LogP) is 7.26. The summed E-state index contributed by atoms with van der Waals surface area (Å²) in [5, 5.41) is 47.5. The molecule has 69 heavy (non-hydrogen) atoms. The maximum atomic E-state index is 13.8. The number of carbonyl (C=O) groups is 4. The Labute approximate surface area is 417 Å². The van der Waals surface area contributed by atoms with E-state index in [1.807, 2.05) is 58.0 Å². The number of allylic oxidation sites excluding steroid dienone is 8. The van der Waals surface area contributed by atoms with E-state index in [4.69, 9.17) is 31.8 Å². The van der Waals surface area contributed by atoms with Crippen LogP contribution in [0.15, 0.2) is 81.5 Å². The minimum absolute atomic E-state index is 0.0260. The van der Waals surface area contributed by atoms with Crippen molar-refractivity contribution in [2.24, 2.45) is 57.2 Å². The summed E-state index contributed by atoms with van der Waals surface area (Å²) in [7, 11) is -3.85. The Morgan fingerprint density at radius 2 is 1.25 bits per heavy atom. The summed E-state index contributed by atoms with van der Waals surface area (Å²) < 4.78 is 33.3. The van der Waals surface area contributed by atoms with Gasteiger partial charge in [-0.3, -0.25) is 23.4 Å². The molecule has 8 aliphatic carbocycles. The van der Waals surface area contributed by atoms with E-state index in [2.05, 4.69) is 4.98 Å². The molecule has 0 saturated heterocycles. The average molecular weight is 1030 g/mol. The van der Waals surface area contributed by atoms with E-state index in [0.29, 0.717) is 49.3 Å². The standard InChI is InChI=1S/C29H32ClNO5S.C23H31ClO7S/c1-16-12-20-19-9-8-17-13-18(32)10-11-26(17,2)28(19,30)23(33)14-27(20,3)29(16,35)24(34)15-37-25-31-21-6-4-5-7-22(21)36-25;1-13-9-17-16-6-5-14-10-15(25)7-8-20(14,2)22(16,24)18(26)11-21(17,3)23(13,28)19(27)12-31-32(4,29)30/h4-7,10-11,13,16,19-20,23,33,35H,8-9,12,14-15H2,1-3H3;7-8,10,13,16-18,26,28H,5-6,9,11-12H2,1-4H3/t16-,19?,20?,23+,26?,27?,28+,29+;13-,16?,17?,18+,20?,21?,22+,23+/m11/s1. The summed E-state index contributed by atoms with van der Waals surface area (Å²) in [4.78, 5) is 53.4. The number of aliphatic hydroxyl groups excluding tert-OH is 2. The second kappa shape index (κ2) is 16.8. The van der Waals surface area contributed by atoms with Gasteiger partial charge in [-0.25, -0.2) is 4.98 Å². The Morgan fingerprint density at radius 3 is 1.71 bits per heavy atom. The van der Waals surface area contributed by atoms with Gasteiger partial charge in [-0.2, -0.15) is 8.42 Å². The number of rotatable bonds is 8. The molecule has 13 nitrogen and oxygen atoms in total. The molecule has 0 spiro atoms. The molecule has 4 N–H and O–H groups in total. The molecular formula is C52H63Cl2NO12S2. The molecule has 374 valence electrons. The Bertz CT molecular complexity index is 2740. The second-order valence-electron chi connectivity index (χ2n) is 22.4. The van der Waals surface area contributed by atoms with E-state index in [1.165, 1.54) is 17.8 Å². The van der Waals surface area contributed by atoms with Gasteiger partial charge in [0.15, 0.2) is 28.7 Å². The molecule has 16 atom stereocenters. The van der Waals surface area contributed by atoms with E-state index < -0.39 is 83.2 Å². The largest absolute Gasteiger partial charge is 0.431 e. The van der Waals surface area contributed by atoms with Crippen LogP contribution >= 0.6 is 35.0 Å². The third kappa shape index (κ3) is 7.07. The molecule has 0 aliphatic heterocycles. The lowest BCUT2D eigenvalue weighted by Gasteiger charge is -2.63. The van der Waals surface area contributed by atoms with Gasteiger partial charge in [0.2, 0.25) is 0 Å². The van der Waals surface area contributed by atoms with Gasteiger partial charge in [0.05, 0.1) is 34.0 Å². The van der Waals surface area contributed by atoms with Crippen molar-refractivity contribution in [2.45, 2.75) is 131 Å². The SMILES string of the molecule is C[C@@H]1CC2C3CCC4=CC(=O)C=CC4(C)[C@@]3(Cl)[C@@H](O)CC2(C)[C@@]1(O)C(=O)COS(C)(=O)=O.C[C@@H]1CC2C3CCC4=CC(=O)C=CC4(C)[C@@]3(Cl)[C@@H](O)CC2(C)[C@@]1(O)C(=O)CSc1nc2ccccc2o1. The van der Waals surface area contributed by atoms with E-state index in [0.717, 1.165) is 22.9 Å². The highest BCUT2D eigenvalue weighted by Crippen LogP contribution is 2.73. The number of para-hydroxylation sites is 2. The van der Waals surface area contributed by atoms with Gasteiger partial charge in [-0.05, 0) is 123 Å². The molecule has 0 bridgehead atoms. The maximum absolute atomic E-state index is 13.8. The summed E-state index contributed by atoms with van der Waals surface area (Å²) in [6.07, 6.45) is 13.0. The number of fused-ring (bicyclic) bond motifs is 11. The molecule has 0 amide bonds. The van der Waals surface area contributed by atoms with Crippen molar-refractivity contribution >= 4 is 79.3 Å². The molecule has 8 unspecified atom stereocenters. The number of carbonyl (C=O) groups excluding carboxylic acids is 4. The number of hydrogen-bond donors (Lipinski definition) is 4. The fraction of sp³-hybridized carbons (Fsp3) is 0.635. The lowest BCUT2D eigenvalue weighted by atomic mass is 9.45. The minimum atomic E-state index is -3.85. The van der Waals surface area contributed by atoms with Crippen molar-refractivity contribution in [3.05, 3.63) is 71.9 Å². The Balaban J connectivity index is 0.000000174. The fourth-order valence-corrected chi connectivity index (χ4v) is 17.9. The smallest absolute Gasteiger partial charge is 0.264 e. The number of aromatic nitrogens is 1. The number of hydrogen-bond acceptors (Lipinski definition) is 14. The molecule has 8 aliphatic rings. The Hall–Kier alpha value is -2.99. The number of benzene rings is 1. The topological polar surface area (TPSA) is 219 Å². The summed E-state index contributed by atoms with van der Waals surface area (Å²) in [6.45, 7) is 10.7. The highest BCUT2D eigenvalue weighted by Gasteiger charge is 2.76. The number of Topliss-reactive ketones (excluding diaryl/α,β-unsaturated/α-hetero) is 2. The zero-order valence-electron chi connectivity index (χ0n) is 40.0. The third-order valence-corrected chi connectivity index (χ3v) is 22.5. The van der Waals surface area contributed by atoms with Crippen LogP contribution in [0.3, 0.4) is 0 Å². The Morgan fingerprint density at radius 1 is 0.783 bits per heavy atom. The number of aliphatic hydroxyl groups is 4. The van der Waals surface area contributed by atoms with E-state index >= 15 is 0 Å². The lowest BCUT2D eigenvalue weighted by molar-refractivity contribution is -0.179. The molecule has 1 heterocycles. The zero-order valence-corrected chi connectivity index (χ0v) is 43.2. The number of oxazole rings is 1. The van der Waals surface area contributed by atoms with Gasteiger partial charge in [0.1, 0.15) is 23.3 Å². The first-order valence-corrected chi connectivity index (χ1v) is 27.6. The van der Waals surface area contributed by atoms with Crippen molar-refractivity contribution in [1.82, 2.24) is 4.98 Å². The predicted molar refractivity (Wildman–Crippen MR) is 261 cm³/mol. The molecule has 10 rings (SSSR count). The molecule has 0 radical (unpaired) electrons. The maximum Gasteiger partial charge on any atom is 0.264 e. The van der Waals surface area contributed by atoms with Gasteiger partial charge < -0.3 is 24.8 Å². The van der Waals surface area contributed by atoms with Crippen molar-refractivity contribution in [3.8, 4) is 0 Å². The van der Waals surface area contributed by atoms with E-state index in [-0.39, 0.29) is 65.5 Å². The fourth-order valence-electron chi connectivity index (χ4n) is 15.7. The van der Waals surface area contributed by atoms with E-state index in [1.54, 1.807) is 38.2 Å². The zero-order chi connectivity index (χ0) is 50.3. The molecule has 6 saturated carbocycles. The van der Waals surface area contributed by atoms with Crippen molar-refractivity contribution in [2.75, 3.05) is 18.6 Å². The lowest BCUT2D eigenvalue weighted by Crippen LogP contribution is -2.69. The third-order valence-electron chi connectivity index (χ3n) is 19.3. The molecule has 1 aromatic heterocycles.